The number of furan rings is 2. The van der Waals surface area contributed by atoms with Gasteiger partial charge >= 0.3 is 23.6 Å². The Morgan fingerprint density at radius 1 is 0.800 bits per heavy atom. The smallest absolute Gasteiger partial charge is 0.401 e. The summed E-state index contributed by atoms with van der Waals surface area (Å²) >= 11 is 0. The lowest BCUT2D eigenvalue weighted by molar-refractivity contribution is -0.402. The number of carbonyl (C=O) groups is 2. The van der Waals surface area contributed by atoms with Gasteiger partial charge in [0.2, 0.25) is 0 Å². The van der Waals surface area contributed by atoms with Gasteiger partial charge in [-0.2, -0.15) is 10.2 Å². The molecule has 0 aromatic carbocycles. The molecule has 2 N–H and O–H groups in total. The zero-order chi connectivity index (χ0) is 21.9. The average molecular weight is 416 g/mol. The molecule has 14 heteroatoms. The highest BCUT2D eigenvalue weighted by Crippen LogP contribution is 2.17. The predicted molar refractivity (Wildman–Crippen MR) is 102 cm³/mol. The predicted octanol–water partition coefficient (Wildman–Crippen LogP) is 1.62. The Labute approximate surface area is 166 Å². The van der Waals surface area contributed by atoms with Crippen molar-refractivity contribution in [3.63, 3.8) is 0 Å². The molecule has 14 nitrogen and oxygen atoms in total. The molecule has 30 heavy (non-hydrogen) atoms. The van der Waals surface area contributed by atoms with Crippen molar-refractivity contribution in [3.8, 4) is 0 Å². The third-order valence-corrected chi connectivity index (χ3v) is 2.97. The first-order chi connectivity index (χ1) is 14.4. The van der Waals surface area contributed by atoms with Crippen LogP contribution in [0.4, 0.5) is 11.8 Å². The number of rotatable bonds is 8. The summed E-state index contributed by atoms with van der Waals surface area (Å²) in [5.41, 5.74) is 3.86. The Morgan fingerprint density at radius 3 is 1.53 bits per heavy atom. The Kier molecular flexibility index (Phi) is 7.46. The molecule has 0 atom stereocenters. The van der Waals surface area contributed by atoms with Gasteiger partial charge in [-0.3, -0.25) is 29.8 Å². The number of carbonyl (C=O) groups excluding carboxylic acids is 2. The van der Waals surface area contributed by atoms with Crippen LogP contribution in [-0.2, 0) is 9.59 Å². The minimum Gasteiger partial charge on any atom is -0.401 e. The molecule has 0 aliphatic rings. The molecule has 0 unspecified atom stereocenters. The van der Waals surface area contributed by atoms with Gasteiger partial charge in [0.15, 0.2) is 0 Å². The van der Waals surface area contributed by atoms with Gasteiger partial charge in [-0.1, -0.05) is 0 Å². The van der Waals surface area contributed by atoms with Crippen LogP contribution in [0.25, 0.3) is 12.2 Å². The molecule has 154 valence electrons. The van der Waals surface area contributed by atoms with E-state index in [1.165, 1.54) is 48.6 Å². The van der Waals surface area contributed by atoms with Crippen molar-refractivity contribution in [1.29, 1.82) is 0 Å². The third-order valence-electron chi connectivity index (χ3n) is 2.97. The fraction of sp³-hybridized carbons (Fsp3) is 0. The van der Waals surface area contributed by atoms with Crippen LogP contribution in [0.15, 0.2) is 55.5 Å². The van der Waals surface area contributed by atoms with E-state index < -0.39 is 33.4 Å². The average Bonchev–Trinajstić information content (AvgIpc) is 3.37. The highest BCUT2D eigenvalue weighted by Gasteiger charge is 2.11. The van der Waals surface area contributed by atoms with Crippen molar-refractivity contribution in [2.75, 3.05) is 0 Å². The lowest BCUT2D eigenvalue weighted by Gasteiger charge is -1.96. The molecule has 0 fully saturated rings. The molecule has 2 rings (SSSR count). The van der Waals surface area contributed by atoms with E-state index in [4.69, 9.17) is 8.83 Å². The fourth-order valence-electron chi connectivity index (χ4n) is 1.71. The summed E-state index contributed by atoms with van der Waals surface area (Å²) in [7, 11) is 0. The van der Waals surface area contributed by atoms with Crippen LogP contribution < -0.4 is 10.9 Å². The largest absolute Gasteiger partial charge is 0.433 e. The van der Waals surface area contributed by atoms with Crippen molar-refractivity contribution < 1.29 is 28.3 Å². The highest BCUT2D eigenvalue weighted by molar-refractivity contribution is 6.35. The summed E-state index contributed by atoms with van der Waals surface area (Å²) in [5.74, 6) is -2.64. The first kappa shape index (κ1) is 21.4. The number of hydrazone groups is 2. The first-order valence-electron chi connectivity index (χ1n) is 7.85. The zero-order valence-corrected chi connectivity index (χ0v) is 14.8. The molecule has 0 spiro atoms. The van der Waals surface area contributed by atoms with E-state index in [-0.39, 0.29) is 11.5 Å². The lowest BCUT2D eigenvalue weighted by Crippen LogP contribution is -2.35. The maximum atomic E-state index is 11.5. The van der Waals surface area contributed by atoms with Gasteiger partial charge in [0.1, 0.15) is 21.4 Å². The maximum absolute atomic E-state index is 11.5. The highest BCUT2D eigenvalue weighted by atomic mass is 16.7. The number of amides is 2. The molecule has 2 aromatic rings. The van der Waals surface area contributed by atoms with E-state index >= 15 is 0 Å². The molecular weight excluding hydrogens is 404 g/mol. The van der Waals surface area contributed by atoms with Gasteiger partial charge < -0.3 is 8.83 Å². The molecular formula is C16H12N6O8. The van der Waals surface area contributed by atoms with Gasteiger partial charge in [-0.05, 0) is 36.4 Å². The molecule has 0 saturated carbocycles. The lowest BCUT2D eigenvalue weighted by atomic mass is 10.4. The molecule has 2 aromatic heterocycles. The normalized spacial score (nSPS) is 11.6. The minimum absolute atomic E-state index is 0.198. The molecule has 0 aliphatic heterocycles. The van der Waals surface area contributed by atoms with Crippen molar-refractivity contribution in [1.82, 2.24) is 10.9 Å². The summed E-state index contributed by atoms with van der Waals surface area (Å²) in [4.78, 5) is 42.5. The topological polar surface area (TPSA) is 195 Å². The second-order valence-electron chi connectivity index (χ2n) is 5.02. The van der Waals surface area contributed by atoms with E-state index in [1.807, 2.05) is 10.9 Å². The van der Waals surface area contributed by atoms with Gasteiger partial charge in [-0.15, -0.1) is 0 Å². The Morgan fingerprint density at radius 2 is 1.20 bits per heavy atom. The Balaban J connectivity index is 1.72. The van der Waals surface area contributed by atoms with E-state index in [0.717, 1.165) is 12.4 Å². The molecule has 0 saturated heterocycles. The molecule has 0 bridgehead atoms. The fourth-order valence-corrected chi connectivity index (χ4v) is 1.71. The van der Waals surface area contributed by atoms with Crippen molar-refractivity contribution in [2.24, 2.45) is 10.2 Å². The van der Waals surface area contributed by atoms with Crippen molar-refractivity contribution in [2.45, 2.75) is 0 Å². The van der Waals surface area contributed by atoms with Crippen LogP contribution in [0, 0.1) is 20.2 Å². The number of hydrogen-bond acceptors (Lipinski definition) is 10. The van der Waals surface area contributed by atoms with Gasteiger partial charge in [-0.25, -0.2) is 10.9 Å². The summed E-state index contributed by atoms with van der Waals surface area (Å²) in [6.07, 6.45) is 7.59. The third kappa shape index (κ3) is 6.69. The Bertz CT molecular complexity index is 977. The maximum Gasteiger partial charge on any atom is 0.433 e. The number of nitrogens with one attached hydrogen (secondary N) is 2. The number of allylic oxidation sites excluding steroid dienone is 2. The second kappa shape index (κ2) is 10.5. The van der Waals surface area contributed by atoms with Crippen LogP contribution in [0.5, 0.6) is 0 Å². The summed E-state index contributed by atoms with van der Waals surface area (Å²) in [5, 5.41) is 27.9. The second-order valence-corrected chi connectivity index (χ2v) is 5.02. The molecule has 2 amide bonds. The zero-order valence-electron chi connectivity index (χ0n) is 14.8. The SMILES string of the molecule is O=C(N/N=C\C=C\c1ccc([N+](=O)[O-])o1)C(=O)N/N=C\C=C\c1ccc([N+](=O)[O-])o1. The minimum atomic E-state index is -1.10. The summed E-state index contributed by atoms with van der Waals surface area (Å²) < 4.78 is 9.72. The van der Waals surface area contributed by atoms with E-state index in [0.29, 0.717) is 0 Å². The summed E-state index contributed by atoms with van der Waals surface area (Å²) in [6, 6.07) is 5.09. The molecule has 0 radical (unpaired) electrons. The van der Waals surface area contributed by atoms with E-state index in [9.17, 15) is 29.8 Å². The quantitative estimate of drug-likeness (QED) is 0.280. The van der Waals surface area contributed by atoms with E-state index in [1.54, 1.807) is 0 Å². The molecule has 2 heterocycles. The van der Waals surface area contributed by atoms with Crippen molar-refractivity contribution in [3.05, 3.63) is 68.2 Å². The van der Waals surface area contributed by atoms with Crippen LogP contribution in [-0.4, -0.2) is 34.1 Å². The van der Waals surface area contributed by atoms with Crippen LogP contribution >= 0.6 is 0 Å². The van der Waals surface area contributed by atoms with E-state index in [2.05, 4.69) is 10.2 Å². The number of nitro groups is 2. The van der Waals surface area contributed by atoms with Crippen LogP contribution in [0.3, 0.4) is 0 Å². The van der Waals surface area contributed by atoms with Gasteiger partial charge in [0.05, 0.1) is 12.1 Å². The van der Waals surface area contributed by atoms with Crippen LogP contribution in [0.1, 0.15) is 11.5 Å². The number of hydrogen-bond donors (Lipinski definition) is 2. The van der Waals surface area contributed by atoms with Crippen LogP contribution in [0.2, 0.25) is 0 Å². The summed E-state index contributed by atoms with van der Waals surface area (Å²) in [6.45, 7) is 0. The van der Waals surface area contributed by atoms with Gasteiger partial charge in [0.25, 0.3) is 0 Å². The van der Waals surface area contributed by atoms with Crippen molar-refractivity contribution >= 4 is 48.2 Å². The Hall–Kier alpha value is -4.88. The van der Waals surface area contributed by atoms with Gasteiger partial charge in [0, 0.05) is 12.4 Å². The number of nitrogens with zero attached hydrogens (tertiary/aromatic N) is 4. The first-order valence-corrected chi connectivity index (χ1v) is 7.85. The monoisotopic (exact) mass is 416 g/mol. The molecule has 0 aliphatic carbocycles. The standard InChI is InChI=1S/C16H12N6O8/c23-15(19-17-9-1-3-11-5-7-13(29-11)21(25)26)16(24)20-18-10-2-4-12-6-8-14(30-12)22(27)28/h1-10H,(H,19,23)(H,20,24)/b3-1+,4-2+,17-9-,18-10-.